The van der Waals surface area contributed by atoms with Crippen molar-refractivity contribution in [3.8, 4) is 17.3 Å². The summed E-state index contributed by atoms with van der Waals surface area (Å²) in [5, 5.41) is 3.77. The smallest absolute Gasteiger partial charge is 0.208 e. The van der Waals surface area contributed by atoms with Crippen molar-refractivity contribution in [3.05, 3.63) is 177 Å². The molecule has 10 heteroatoms. The molecular weight excluding hydrogens is 916 g/mol. The van der Waals surface area contributed by atoms with Crippen LogP contribution in [0, 0.1) is 18.8 Å². The Bertz CT molecular complexity index is 3610. The Morgan fingerprint density at radius 1 is 0.610 bits per heavy atom. The van der Waals surface area contributed by atoms with Gasteiger partial charge in [-0.25, -0.2) is 9.97 Å². The zero-order valence-corrected chi connectivity index (χ0v) is 33.1. The van der Waals surface area contributed by atoms with E-state index in [1.165, 1.54) is 0 Å². The fourth-order valence-corrected chi connectivity index (χ4v) is 8.52. The van der Waals surface area contributed by atoms with E-state index in [-0.39, 0.29) is 21.1 Å². The molecular formula is C49H27N6O3Pt-3. The van der Waals surface area contributed by atoms with E-state index >= 15 is 0 Å². The number of hydrogen-bond donors (Lipinski definition) is 0. The zero-order chi connectivity index (χ0) is 37.9. The summed E-state index contributed by atoms with van der Waals surface area (Å²) in [6.45, 7) is 2.10. The molecule has 1 aliphatic rings. The maximum Gasteiger partial charge on any atom is 0.208 e. The number of pyridine rings is 1. The molecule has 0 spiro atoms. The van der Waals surface area contributed by atoms with Crippen LogP contribution in [-0.2, 0) is 21.1 Å². The van der Waals surface area contributed by atoms with Crippen LogP contribution in [0.25, 0.3) is 77.5 Å². The number of furan rings is 2. The van der Waals surface area contributed by atoms with Gasteiger partial charge in [-0.15, -0.1) is 37.0 Å². The van der Waals surface area contributed by atoms with Gasteiger partial charge < -0.3 is 27.8 Å². The van der Waals surface area contributed by atoms with Gasteiger partial charge in [0.15, 0.2) is 0 Å². The minimum absolute atomic E-state index is 0. The topological polar surface area (TPSA) is 77.1 Å². The number of fused-ring (bicyclic) bond motifs is 13. The average molecular weight is 943 g/mol. The van der Waals surface area contributed by atoms with Crippen molar-refractivity contribution in [1.82, 2.24) is 18.9 Å². The number of imidazole rings is 2. The van der Waals surface area contributed by atoms with Crippen LogP contribution in [0.2, 0.25) is 0 Å². The Kier molecular flexibility index (Phi) is 7.34. The van der Waals surface area contributed by atoms with Crippen LogP contribution in [0.15, 0.2) is 167 Å². The summed E-state index contributed by atoms with van der Waals surface area (Å²) in [6.07, 6.45) is 1.78. The maximum atomic E-state index is 6.90. The first-order chi connectivity index (χ1) is 28.7. The van der Waals surface area contributed by atoms with E-state index in [0.29, 0.717) is 22.7 Å². The number of anilines is 4. The summed E-state index contributed by atoms with van der Waals surface area (Å²) in [5.74, 6) is 2.35. The molecule has 1 aliphatic heterocycles. The Hall–Kier alpha value is -7.35. The van der Waals surface area contributed by atoms with Gasteiger partial charge in [-0.2, -0.15) is 0 Å². The van der Waals surface area contributed by atoms with E-state index in [0.717, 1.165) is 89.1 Å². The number of para-hydroxylation sites is 6. The van der Waals surface area contributed by atoms with Crippen LogP contribution in [0.5, 0.6) is 11.5 Å². The first kappa shape index (κ1) is 33.8. The van der Waals surface area contributed by atoms with Crippen molar-refractivity contribution in [2.45, 2.75) is 0 Å². The van der Waals surface area contributed by atoms with Gasteiger partial charge in [-0.1, -0.05) is 77.8 Å². The van der Waals surface area contributed by atoms with E-state index < -0.39 is 0 Å². The Balaban J connectivity index is 0.00000377. The number of nitrogens with zero attached hydrogens (tertiary/aromatic N) is 6. The molecule has 13 rings (SSSR count). The summed E-state index contributed by atoms with van der Waals surface area (Å²) >= 11 is 0. The Labute approximate surface area is 350 Å². The van der Waals surface area contributed by atoms with E-state index in [2.05, 4.69) is 93.7 Å². The largest absolute Gasteiger partial charge is 0.512 e. The van der Waals surface area contributed by atoms with E-state index in [9.17, 15) is 0 Å². The molecule has 0 amide bonds. The molecule has 0 aliphatic carbocycles. The van der Waals surface area contributed by atoms with Gasteiger partial charge in [0, 0.05) is 66.2 Å². The number of aromatic nitrogens is 4. The van der Waals surface area contributed by atoms with Gasteiger partial charge in [-0.05, 0) is 77.8 Å². The van der Waals surface area contributed by atoms with Crippen LogP contribution >= 0.6 is 0 Å². The summed E-state index contributed by atoms with van der Waals surface area (Å²) in [4.78, 5) is 14.1. The molecule has 0 unspecified atom stereocenters. The van der Waals surface area contributed by atoms with Gasteiger partial charge in [0.2, 0.25) is 5.78 Å². The van der Waals surface area contributed by atoms with E-state index in [4.69, 9.17) is 23.5 Å². The molecule has 0 N–H and O–H groups in total. The fraction of sp³-hybridized carbons (Fsp3) is 0. The molecule has 5 aromatic heterocycles. The van der Waals surface area contributed by atoms with Gasteiger partial charge in [0.1, 0.15) is 22.6 Å². The Morgan fingerprint density at radius 2 is 1.39 bits per heavy atom. The standard InChI is InChI=1S/C49H27N6O3.Pt/c1-2-12-30(13-3-1)52-29-53(39-18-8-7-17-38(39)52)31-26-35-46-43(24-22-34-33-14-4-9-19-42(33)57-48(34)46)58-47(35)44(27-31)56-32-21-23-40-41(28-32)55(45-20-10-11-25-50-45)49-51-36-15-5-6-16-37(36)54(40)49;/h1-26,29H;/q-3;. The van der Waals surface area contributed by atoms with Gasteiger partial charge >= 0.3 is 0 Å². The third-order valence-electron chi connectivity index (χ3n) is 11.1. The molecule has 0 atom stereocenters. The number of hydrogen-bond acceptors (Lipinski definition) is 7. The summed E-state index contributed by atoms with van der Waals surface area (Å²) < 4.78 is 24.3. The van der Waals surface area contributed by atoms with Crippen molar-refractivity contribution in [3.63, 3.8) is 0 Å². The fourth-order valence-electron chi connectivity index (χ4n) is 8.52. The van der Waals surface area contributed by atoms with Crippen molar-refractivity contribution >= 4 is 94.5 Å². The first-order valence-corrected chi connectivity index (χ1v) is 19.0. The Morgan fingerprint density at radius 3 is 2.27 bits per heavy atom. The quantitative estimate of drug-likeness (QED) is 0.159. The molecule has 0 saturated carbocycles. The number of benzene rings is 7. The predicted molar refractivity (Wildman–Crippen MR) is 228 cm³/mol. The minimum Gasteiger partial charge on any atom is -0.512 e. The molecule has 6 heterocycles. The third-order valence-corrected chi connectivity index (χ3v) is 11.1. The van der Waals surface area contributed by atoms with Gasteiger partial charge in [0.05, 0.1) is 22.4 Å². The van der Waals surface area contributed by atoms with Crippen LogP contribution < -0.4 is 14.5 Å². The molecule has 284 valence electrons. The predicted octanol–water partition coefficient (Wildman–Crippen LogP) is 12.4. The summed E-state index contributed by atoms with van der Waals surface area (Å²) in [7, 11) is 0. The second-order valence-corrected chi connectivity index (χ2v) is 14.3. The molecule has 59 heavy (non-hydrogen) atoms. The van der Waals surface area contributed by atoms with Gasteiger partial charge in [0.25, 0.3) is 0 Å². The SMILES string of the molecule is [Pt].[c-]1c(N2[CH-]N(c3ccccc3)c3ccccc32)cc2c(oc3ccc4c5ccccc5oc4c32)c1Oc1[c-]c2c(cc1)n1c3ccccc3nc1n2-c1ccccn1. The molecule has 0 radical (unpaired) electrons. The number of rotatable bonds is 5. The molecule has 7 aromatic carbocycles. The normalized spacial score (nSPS) is 12.8. The van der Waals surface area contributed by atoms with Crippen LogP contribution in [0.1, 0.15) is 0 Å². The van der Waals surface area contributed by atoms with Crippen molar-refractivity contribution in [1.29, 1.82) is 0 Å². The number of ether oxygens (including phenoxy) is 1. The van der Waals surface area contributed by atoms with Crippen molar-refractivity contribution in [2.75, 3.05) is 9.80 Å². The molecule has 0 saturated heterocycles. The molecule has 0 bridgehead atoms. The monoisotopic (exact) mass is 942 g/mol. The third kappa shape index (κ3) is 4.95. The molecule has 12 aromatic rings. The maximum absolute atomic E-state index is 6.90. The second-order valence-electron chi connectivity index (χ2n) is 14.3. The zero-order valence-electron chi connectivity index (χ0n) is 30.8. The van der Waals surface area contributed by atoms with Gasteiger partial charge in [-0.3, -0.25) is 4.57 Å². The van der Waals surface area contributed by atoms with E-state index in [1.54, 1.807) is 6.20 Å². The van der Waals surface area contributed by atoms with Crippen LogP contribution in [-0.4, -0.2) is 18.9 Å². The summed E-state index contributed by atoms with van der Waals surface area (Å²) in [5.41, 5.74) is 10.3. The molecule has 9 nitrogen and oxygen atoms in total. The van der Waals surface area contributed by atoms with Crippen LogP contribution in [0.4, 0.5) is 22.7 Å². The second kappa shape index (κ2) is 12.8. The minimum atomic E-state index is 0. The first-order valence-electron chi connectivity index (χ1n) is 19.0. The van der Waals surface area contributed by atoms with Crippen molar-refractivity contribution in [2.24, 2.45) is 0 Å². The van der Waals surface area contributed by atoms with E-state index in [1.807, 2.05) is 95.6 Å². The molecule has 0 fully saturated rings. The average Bonchev–Trinajstić information content (AvgIpc) is 4.09. The van der Waals surface area contributed by atoms with Crippen molar-refractivity contribution < 1.29 is 34.6 Å². The van der Waals surface area contributed by atoms with Crippen LogP contribution in [0.3, 0.4) is 0 Å². The summed E-state index contributed by atoms with van der Waals surface area (Å²) in [6, 6.07) is 58.1.